The van der Waals surface area contributed by atoms with Crippen molar-refractivity contribution in [2.75, 3.05) is 38.3 Å². The van der Waals surface area contributed by atoms with E-state index in [0.717, 1.165) is 0 Å². The van der Waals surface area contributed by atoms with E-state index in [1.54, 1.807) is 25.4 Å². The summed E-state index contributed by atoms with van der Waals surface area (Å²) >= 11 is 0. The molecule has 1 saturated heterocycles. The standard InChI is InChI=1S/C19H23FN4O3/c1-27-11-8-22-18(25)16-12-21-13-17(23-16)24-9-6-19(26,7-10-24)14-2-4-15(20)5-3-14/h2-5,12-13,26H,6-11H2,1H3,(H,22,25). The molecule has 8 heteroatoms. The van der Waals surface area contributed by atoms with Crippen LogP contribution in [0.3, 0.4) is 0 Å². The van der Waals surface area contributed by atoms with Crippen LogP contribution in [0.2, 0.25) is 0 Å². The molecule has 1 fully saturated rings. The number of aliphatic hydroxyl groups is 1. The number of carbonyl (C=O) groups excluding carboxylic acids is 1. The van der Waals surface area contributed by atoms with E-state index in [-0.39, 0.29) is 17.4 Å². The summed E-state index contributed by atoms with van der Waals surface area (Å²) in [5.74, 6) is -0.0348. The van der Waals surface area contributed by atoms with Gasteiger partial charge < -0.3 is 20.1 Å². The first-order valence-electron chi connectivity index (χ1n) is 8.84. The monoisotopic (exact) mass is 374 g/mol. The highest BCUT2D eigenvalue weighted by molar-refractivity contribution is 5.92. The van der Waals surface area contributed by atoms with Gasteiger partial charge in [0.2, 0.25) is 0 Å². The van der Waals surface area contributed by atoms with Crippen LogP contribution in [0.5, 0.6) is 0 Å². The molecular weight excluding hydrogens is 351 g/mol. The number of ether oxygens (including phenoxy) is 1. The van der Waals surface area contributed by atoms with E-state index in [2.05, 4.69) is 15.3 Å². The van der Waals surface area contributed by atoms with Crippen LogP contribution in [0.1, 0.15) is 28.9 Å². The number of piperidine rings is 1. The quantitative estimate of drug-likeness (QED) is 0.745. The maximum atomic E-state index is 13.1. The van der Waals surface area contributed by atoms with Crippen molar-refractivity contribution in [1.29, 1.82) is 0 Å². The molecular formula is C19H23FN4O3. The summed E-state index contributed by atoms with van der Waals surface area (Å²) in [6.07, 6.45) is 3.98. The highest BCUT2D eigenvalue weighted by Gasteiger charge is 2.34. The van der Waals surface area contributed by atoms with Gasteiger partial charge in [-0.15, -0.1) is 0 Å². The number of methoxy groups -OCH3 is 1. The van der Waals surface area contributed by atoms with Gasteiger partial charge in [-0.25, -0.2) is 9.37 Å². The Morgan fingerprint density at radius 3 is 2.67 bits per heavy atom. The molecule has 0 spiro atoms. The molecule has 0 aliphatic carbocycles. The molecule has 0 radical (unpaired) electrons. The third-order valence-electron chi connectivity index (χ3n) is 4.74. The Hall–Kier alpha value is -2.58. The minimum absolute atomic E-state index is 0.239. The predicted octanol–water partition coefficient (Wildman–Crippen LogP) is 1.48. The highest BCUT2D eigenvalue weighted by Crippen LogP contribution is 2.34. The molecule has 2 heterocycles. The first-order chi connectivity index (χ1) is 13.0. The number of nitrogens with one attached hydrogen (secondary N) is 1. The SMILES string of the molecule is COCCNC(=O)c1cncc(N2CCC(O)(c3ccc(F)cc3)CC2)n1. The van der Waals surface area contributed by atoms with Gasteiger partial charge in [-0.2, -0.15) is 0 Å². The van der Waals surface area contributed by atoms with Crippen LogP contribution < -0.4 is 10.2 Å². The molecule has 1 amide bonds. The van der Waals surface area contributed by atoms with Crippen LogP contribution in [0.4, 0.5) is 10.2 Å². The van der Waals surface area contributed by atoms with Crippen molar-refractivity contribution in [3.05, 3.63) is 53.7 Å². The maximum absolute atomic E-state index is 13.1. The van der Waals surface area contributed by atoms with Crippen molar-refractivity contribution < 1.29 is 19.0 Å². The minimum Gasteiger partial charge on any atom is -0.385 e. The third-order valence-corrected chi connectivity index (χ3v) is 4.74. The molecule has 1 aliphatic heterocycles. The van der Waals surface area contributed by atoms with E-state index >= 15 is 0 Å². The highest BCUT2D eigenvalue weighted by atomic mass is 19.1. The summed E-state index contributed by atoms with van der Waals surface area (Å²) in [7, 11) is 1.57. The van der Waals surface area contributed by atoms with E-state index in [9.17, 15) is 14.3 Å². The molecule has 144 valence electrons. The topological polar surface area (TPSA) is 87.6 Å². The van der Waals surface area contributed by atoms with Crippen molar-refractivity contribution in [2.24, 2.45) is 0 Å². The van der Waals surface area contributed by atoms with Gasteiger partial charge in [-0.1, -0.05) is 12.1 Å². The molecule has 3 rings (SSSR count). The number of carbonyl (C=O) groups is 1. The Balaban J connectivity index is 1.65. The maximum Gasteiger partial charge on any atom is 0.271 e. The number of aromatic nitrogens is 2. The van der Waals surface area contributed by atoms with E-state index in [0.29, 0.717) is 50.5 Å². The normalized spacial score (nSPS) is 16.2. The summed E-state index contributed by atoms with van der Waals surface area (Å²) in [4.78, 5) is 22.6. The average molecular weight is 374 g/mol. The van der Waals surface area contributed by atoms with Gasteiger partial charge in [-0.05, 0) is 30.5 Å². The van der Waals surface area contributed by atoms with Crippen molar-refractivity contribution in [1.82, 2.24) is 15.3 Å². The molecule has 1 aromatic heterocycles. The van der Waals surface area contributed by atoms with E-state index in [4.69, 9.17) is 4.74 Å². The molecule has 0 bridgehead atoms. The van der Waals surface area contributed by atoms with Gasteiger partial charge in [0, 0.05) is 26.7 Å². The molecule has 1 aliphatic rings. The molecule has 2 N–H and O–H groups in total. The summed E-state index contributed by atoms with van der Waals surface area (Å²) < 4.78 is 18.0. The zero-order chi connectivity index (χ0) is 19.3. The number of halogens is 1. The first kappa shape index (κ1) is 19.2. The summed E-state index contributed by atoms with van der Waals surface area (Å²) in [6.45, 7) is 1.93. The lowest BCUT2D eigenvalue weighted by molar-refractivity contribution is 0.0116. The fourth-order valence-electron chi connectivity index (χ4n) is 3.13. The van der Waals surface area contributed by atoms with Gasteiger partial charge in [0.25, 0.3) is 5.91 Å². The molecule has 0 saturated carbocycles. The molecule has 1 aromatic carbocycles. The Labute approximate surface area is 157 Å². The van der Waals surface area contributed by atoms with Crippen molar-refractivity contribution in [2.45, 2.75) is 18.4 Å². The third kappa shape index (κ3) is 4.58. The summed E-state index contributed by atoms with van der Waals surface area (Å²) in [5.41, 5.74) is -0.0453. The van der Waals surface area contributed by atoms with E-state index in [1.165, 1.54) is 18.3 Å². The average Bonchev–Trinajstić information content (AvgIpc) is 2.69. The number of hydrogen-bond acceptors (Lipinski definition) is 6. The predicted molar refractivity (Wildman–Crippen MR) is 98.0 cm³/mol. The van der Waals surface area contributed by atoms with Crippen LogP contribution >= 0.6 is 0 Å². The van der Waals surface area contributed by atoms with Crippen LogP contribution in [0.15, 0.2) is 36.7 Å². The Morgan fingerprint density at radius 1 is 1.30 bits per heavy atom. The molecule has 0 atom stereocenters. The smallest absolute Gasteiger partial charge is 0.271 e. The van der Waals surface area contributed by atoms with E-state index < -0.39 is 5.60 Å². The first-order valence-corrected chi connectivity index (χ1v) is 8.84. The number of rotatable bonds is 6. The summed E-state index contributed by atoms with van der Waals surface area (Å²) in [5, 5.41) is 13.6. The van der Waals surface area contributed by atoms with Crippen LogP contribution in [-0.4, -0.2) is 54.3 Å². The zero-order valence-electron chi connectivity index (χ0n) is 15.2. The number of anilines is 1. The largest absolute Gasteiger partial charge is 0.385 e. The Bertz CT molecular complexity index is 777. The zero-order valence-corrected chi connectivity index (χ0v) is 15.2. The minimum atomic E-state index is -0.993. The Morgan fingerprint density at radius 2 is 2.00 bits per heavy atom. The number of nitrogens with zero attached hydrogens (tertiary/aromatic N) is 3. The van der Waals surface area contributed by atoms with Gasteiger partial charge >= 0.3 is 0 Å². The van der Waals surface area contributed by atoms with E-state index in [1.807, 2.05) is 4.90 Å². The van der Waals surface area contributed by atoms with Crippen LogP contribution in [0, 0.1) is 5.82 Å². The number of amides is 1. The molecule has 7 nitrogen and oxygen atoms in total. The fourth-order valence-corrected chi connectivity index (χ4v) is 3.13. The Kier molecular flexibility index (Phi) is 5.98. The van der Waals surface area contributed by atoms with Gasteiger partial charge in [0.05, 0.1) is 24.6 Å². The number of hydrogen-bond donors (Lipinski definition) is 2. The van der Waals surface area contributed by atoms with Gasteiger partial charge in [-0.3, -0.25) is 9.78 Å². The van der Waals surface area contributed by atoms with Crippen molar-refractivity contribution >= 4 is 11.7 Å². The van der Waals surface area contributed by atoms with Gasteiger partial charge in [0.15, 0.2) is 0 Å². The lowest BCUT2D eigenvalue weighted by Crippen LogP contribution is -2.43. The van der Waals surface area contributed by atoms with Crippen LogP contribution in [-0.2, 0) is 10.3 Å². The second-order valence-electron chi connectivity index (χ2n) is 6.54. The molecule has 0 unspecified atom stereocenters. The number of benzene rings is 1. The molecule has 27 heavy (non-hydrogen) atoms. The second-order valence-corrected chi connectivity index (χ2v) is 6.54. The van der Waals surface area contributed by atoms with Crippen molar-refractivity contribution in [3.63, 3.8) is 0 Å². The fraction of sp³-hybridized carbons (Fsp3) is 0.421. The van der Waals surface area contributed by atoms with Crippen LogP contribution in [0.25, 0.3) is 0 Å². The summed E-state index contributed by atoms with van der Waals surface area (Å²) in [6, 6.07) is 5.96. The van der Waals surface area contributed by atoms with Crippen molar-refractivity contribution in [3.8, 4) is 0 Å². The lowest BCUT2D eigenvalue weighted by Gasteiger charge is -2.39. The second kappa shape index (κ2) is 8.41. The molecule has 2 aromatic rings. The lowest BCUT2D eigenvalue weighted by atomic mass is 9.84. The van der Waals surface area contributed by atoms with Gasteiger partial charge in [0.1, 0.15) is 17.3 Å².